The van der Waals surface area contributed by atoms with Crippen LogP contribution in [0, 0.1) is 17.2 Å². The second-order valence-electron chi connectivity index (χ2n) is 2.39. The summed E-state index contributed by atoms with van der Waals surface area (Å²) in [7, 11) is 0. The van der Waals surface area contributed by atoms with Crippen molar-refractivity contribution in [3.8, 4) is 6.07 Å². The third kappa shape index (κ3) is 1.25. The highest BCUT2D eigenvalue weighted by Crippen LogP contribution is 2.13. The molecule has 0 aromatic heterocycles. The molecular weight excluding hydrogens is 132 g/mol. The van der Waals surface area contributed by atoms with E-state index in [1.807, 2.05) is 6.07 Å². The van der Waals surface area contributed by atoms with Crippen molar-refractivity contribution in [3.05, 3.63) is 0 Å². The van der Waals surface area contributed by atoms with Crippen LogP contribution in [0.3, 0.4) is 0 Å². The van der Waals surface area contributed by atoms with Crippen LogP contribution in [0.4, 0.5) is 0 Å². The van der Waals surface area contributed by atoms with Crippen molar-refractivity contribution in [3.63, 3.8) is 0 Å². The quantitative estimate of drug-likeness (QED) is 0.526. The third-order valence-electron chi connectivity index (χ3n) is 1.60. The summed E-state index contributed by atoms with van der Waals surface area (Å²) in [6.07, 6.45) is 0. The standard InChI is InChI=1S/C6H8N2O2/c7-1-2-8-3-5(4-8)6(9)10/h5H,2-4H2,(H,9,10). The Morgan fingerprint density at radius 1 is 1.80 bits per heavy atom. The van der Waals surface area contributed by atoms with E-state index < -0.39 is 5.97 Å². The topological polar surface area (TPSA) is 64.3 Å². The second-order valence-corrected chi connectivity index (χ2v) is 2.39. The van der Waals surface area contributed by atoms with Crippen molar-refractivity contribution >= 4 is 5.97 Å². The van der Waals surface area contributed by atoms with Gasteiger partial charge in [0.1, 0.15) is 0 Å². The van der Waals surface area contributed by atoms with Crippen molar-refractivity contribution in [2.24, 2.45) is 5.92 Å². The van der Waals surface area contributed by atoms with Crippen molar-refractivity contribution in [2.45, 2.75) is 0 Å². The number of nitriles is 1. The minimum atomic E-state index is -0.755. The van der Waals surface area contributed by atoms with E-state index in [-0.39, 0.29) is 5.92 Å². The number of aliphatic carboxylic acids is 1. The maximum absolute atomic E-state index is 10.2. The lowest BCUT2D eigenvalue weighted by Crippen LogP contribution is -2.50. The van der Waals surface area contributed by atoms with E-state index in [1.54, 1.807) is 4.90 Å². The summed E-state index contributed by atoms with van der Waals surface area (Å²) in [5.41, 5.74) is 0. The van der Waals surface area contributed by atoms with Crippen LogP contribution in [0.25, 0.3) is 0 Å². The molecule has 1 aliphatic rings. The van der Waals surface area contributed by atoms with Crippen LogP contribution >= 0.6 is 0 Å². The predicted octanol–water partition coefficient (Wildman–Crippen LogP) is -0.474. The van der Waals surface area contributed by atoms with Crippen LogP contribution in [-0.4, -0.2) is 35.6 Å². The van der Waals surface area contributed by atoms with Crippen molar-refractivity contribution in [2.75, 3.05) is 19.6 Å². The zero-order chi connectivity index (χ0) is 7.56. The monoisotopic (exact) mass is 140 g/mol. The van der Waals surface area contributed by atoms with Gasteiger partial charge in [0.2, 0.25) is 0 Å². The molecule has 1 saturated heterocycles. The van der Waals surface area contributed by atoms with Crippen LogP contribution in [0.1, 0.15) is 0 Å². The van der Waals surface area contributed by atoms with Gasteiger partial charge in [0.05, 0.1) is 18.5 Å². The Morgan fingerprint density at radius 2 is 2.40 bits per heavy atom. The minimum Gasteiger partial charge on any atom is -0.481 e. The first-order valence-electron chi connectivity index (χ1n) is 3.06. The number of carbonyl (C=O) groups is 1. The van der Waals surface area contributed by atoms with Crippen molar-refractivity contribution < 1.29 is 9.90 Å². The Bertz CT molecular complexity index is 179. The highest BCUT2D eigenvalue weighted by molar-refractivity contribution is 5.71. The van der Waals surface area contributed by atoms with E-state index in [2.05, 4.69) is 0 Å². The van der Waals surface area contributed by atoms with Gasteiger partial charge in [-0.2, -0.15) is 5.26 Å². The minimum absolute atomic E-state index is 0.242. The molecule has 4 heteroatoms. The molecule has 0 aliphatic carbocycles. The Balaban J connectivity index is 2.19. The van der Waals surface area contributed by atoms with Gasteiger partial charge in [0.25, 0.3) is 0 Å². The van der Waals surface area contributed by atoms with Gasteiger partial charge in [-0.1, -0.05) is 0 Å². The van der Waals surface area contributed by atoms with E-state index in [1.165, 1.54) is 0 Å². The van der Waals surface area contributed by atoms with Gasteiger partial charge >= 0.3 is 5.97 Å². The first kappa shape index (κ1) is 7.03. The fourth-order valence-corrected chi connectivity index (χ4v) is 0.955. The molecule has 1 aliphatic heterocycles. The molecular formula is C6H8N2O2. The molecule has 0 spiro atoms. The fourth-order valence-electron chi connectivity index (χ4n) is 0.955. The van der Waals surface area contributed by atoms with Crippen LogP contribution in [0.2, 0.25) is 0 Å². The summed E-state index contributed by atoms with van der Waals surface area (Å²) >= 11 is 0. The molecule has 1 fully saturated rings. The van der Waals surface area contributed by atoms with Gasteiger partial charge in [-0.25, -0.2) is 0 Å². The van der Waals surface area contributed by atoms with Crippen LogP contribution < -0.4 is 0 Å². The van der Waals surface area contributed by atoms with Gasteiger partial charge < -0.3 is 5.11 Å². The number of carboxylic acids is 1. The highest BCUT2D eigenvalue weighted by Gasteiger charge is 2.31. The number of hydrogen-bond donors (Lipinski definition) is 1. The van der Waals surface area contributed by atoms with E-state index in [0.717, 1.165) is 0 Å². The summed E-state index contributed by atoms with van der Waals surface area (Å²) < 4.78 is 0. The molecule has 0 saturated carbocycles. The zero-order valence-corrected chi connectivity index (χ0v) is 5.45. The summed E-state index contributed by atoms with van der Waals surface area (Å²) in [6.45, 7) is 1.41. The highest BCUT2D eigenvalue weighted by atomic mass is 16.4. The van der Waals surface area contributed by atoms with E-state index in [0.29, 0.717) is 19.6 Å². The molecule has 1 heterocycles. The summed E-state index contributed by atoms with van der Waals surface area (Å²) in [4.78, 5) is 12.0. The molecule has 0 radical (unpaired) electrons. The van der Waals surface area contributed by atoms with E-state index in [4.69, 9.17) is 10.4 Å². The average molecular weight is 140 g/mol. The van der Waals surface area contributed by atoms with Gasteiger partial charge in [-0.05, 0) is 0 Å². The molecule has 0 bridgehead atoms. The summed E-state index contributed by atoms with van der Waals surface area (Å²) in [5, 5.41) is 16.6. The molecule has 0 amide bonds. The maximum atomic E-state index is 10.2. The van der Waals surface area contributed by atoms with E-state index in [9.17, 15) is 4.79 Å². The predicted molar refractivity (Wildman–Crippen MR) is 33.2 cm³/mol. The Morgan fingerprint density at radius 3 is 2.80 bits per heavy atom. The summed E-state index contributed by atoms with van der Waals surface area (Å²) in [5.74, 6) is -0.998. The zero-order valence-electron chi connectivity index (χ0n) is 5.45. The Hall–Kier alpha value is -1.08. The number of rotatable bonds is 2. The Labute approximate surface area is 58.7 Å². The summed E-state index contributed by atoms with van der Waals surface area (Å²) in [6, 6.07) is 1.96. The number of nitrogens with zero attached hydrogens (tertiary/aromatic N) is 2. The molecule has 0 aromatic carbocycles. The second kappa shape index (κ2) is 2.67. The first-order chi connectivity index (χ1) is 4.74. The smallest absolute Gasteiger partial charge is 0.309 e. The van der Waals surface area contributed by atoms with Gasteiger partial charge in [0.15, 0.2) is 0 Å². The molecule has 0 atom stereocenters. The van der Waals surface area contributed by atoms with Crippen molar-refractivity contribution in [1.82, 2.24) is 4.90 Å². The lowest BCUT2D eigenvalue weighted by Gasteiger charge is -2.34. The number of likely N-dealkylation sites (tertiary alicyclic amines) is 1. The van der Waals surface area contributed by atoms with Gasteiger partial charge in [0, 0.05) is 13.1 Å². The number of hydrogen-bond acceptors (Lipinski definition) is 3. The normalized spacial score (nSPS) is 19.5. The molecule has 54 valence electrons. The van der Waals surface area contributed by atoms with Gasteiger partial charge in [-0.15, -0.1) is 0 Å². The molecule has 0 unspecified atom stereocenters. The average Bonchev–Trinajstić information content (AvgIpc) is 1.76. The van der Waals surface area contributed by atoms with Gasteiger partial charge in [-0.3, -0.25) is 9.69 Å². The van der Waals surface area contributed by atoms with Crippen LogP contribution in [-0.2, 0) is 4.79 Å². The molecule has 1 N–H and O–H groups in total. The van der Waals surface area contributed by atoms with E-state index >= 15 is 0 Å². The Kier molecular flexibility index (Phi) is 1.88. The lowest BCUT2D eigenvalue weighted by molar-refractivity contribution is -0.147. The van der Waals surface area contributed by atoms with Crippen LogP contribution in [0.5, 0.6) is 0 Å². The maximum Gasteiger partial charge on any atom is 0.309 e. The SMILES string of the molecule is N#CCN1CC(C(=O)O)C1. The molecule has 4 nitrogen and oxygen atoms in total. The number of carboxylic acid groups (broad SMARTS) is 1. The largest absolute Gasteiger partial charge is 0.481 e. The van der Waals surface area contributed by atoms with Crippen LogP contribution in [0.15, 0.2) is 0 Å². The molecule has 0 aromatic rings. The lowest BCUT2D eigenvalue weighted by atomic mass is 10.0. The third-order valence-corrected chi connectivity index (χ3v) is 1.60. The molecule has 1 rings (SSSR count). The first-order valence-corrected chi connectivity index (χ1v) is 3.06. The fraction of sp³-hybridized carbons (Fsp3) is 0.667. The molecule has 10 heavy (non-hydrogen) atoms. The van der Waals surface area contributed by atoms with Crippen molar-refractivity contribution in [1.29, 1.82) is 5.26 Å².